The van der Waals surface area contributed by atoms with Crippen LogP contribution in [0.2, 0.25) is 0 Å². The van der Waals surface area contributed by atoms with E-state index in [-0.39, 0.29) is 107 Å². The molecular weight excluding hydrogens is 672 g/mol. The quantitative estimate of drug-likeness (QED) is 0.161. The molecule has 0 unspecified atom stereocenters. The van der Waals surface area contributed by atoms with Gasteiger partial charge < -0.3 is 53.8 Å². The molecule has 0 atom stereocenters. The van der Waals surface area contributed by atoms with Gasteiger partial charge >= 0.3 is 0 Å². The van der Waals surface area contributed by atoms with E-state index in [9.17, 15) is 14.4 Å². The van der Waals surface area contributed by atoms with E-state index in [1.54, 1.807) is 0 Å². The van der Waals surface area contributed by atoms with Crippen LogP contribution in [0.5, 0.6) is 0 Å². The molecule has 228 valence electrons. The summed E-state index contributed by atoms with van der Waals surface area (Å²) in [7, 11) is 0. The Kier molecular flexibility index (Phi) is 31.8. The predicted molar refractivity (Wildman–Crippen MR) is 145 cm³/mol. The van der Waals surface area contributed by atoms with Gasteiger partial charge in [-0.25, -0.2) is 4.68 Å². The summed E-state index contributed by atoms with van der Waals surface area (Å²) >= 11 is 0. The molecule has 0 saturated carbocycles. The largest absolute Gasteiger partial charge is 0.394 e. The molecular formula is C26H49N5O7Y2-2. The zero-order valence-electron chi connectivity index (χ0n) is 25.2. The van der Waals surface area contributed by atoms with E-state index in [0.717, 1.165) is 18.5 Å². The third-order valence-electron chi connectivity index (χ3n) is 4.51. The van der Waals surface area contributed by atoms with E-state index >= 15 is 0 Å². The first-order chi connectivity index (χ1) is 17.6. The van der Waals surface area contributed by atoms with Gasteiger partial charge in [0, 0.05) is 96.9 Å². The van der Waals surface area contributed by atoms with Crippen LogP contribution in [0.25, 0.3) is 0 Å². The van der Waals surface area contributed by atoms with Crippen LogP contribution in [0.1, 0.15) is 60.1 Å². The maximum atomic E-state index is 11.6. The number of aryl methyl sites for hydroxylation is 1. The number of aliphatic hydroxyl groups excluding tert-OH is 2. The fraction of sp³-hybridized carbons (Fsp3) is 0.731. The summed E-state index contributed by atoms with van der Waals surface area (Å²) in [6.07, 6.45) is 3.87. The number of carbonyl (C=O) groups is 3. The number of hydrogen-bond donors (Lipinski definition) is 4. The molecule has 1 aromatic heterocycles. The average molecular weight is 722 g/mol. The first kappa shape index (κ1) is 46.5. The van der Waals surface area contributed by atoms with E-state index in [1.165, 1.54) is 0 Å². The molecule has 2 amide bonds. The van der Waals surface area contributed by atoms with E-state index in [4.69, 9.17) is 19.7 Å². The number of amides is 2. The van der Waals surface area contributed by atoms with E-state index in [2.05, 4.69) is 55.6 Å². The minimum Gasteiger partial charge on any atom is -0.394 e. The predicted octanol–water partition coefficient (Wildman–Crippen LogP) is 0.857. The molecule has 0 aliphatic rings. The van der Waals surface area contributed by atoms with Crippen LogP contribution < -0.4 is 10.6 Å². The van der Waals surface area contributed by atoms with Gasteiger partial charge in [-0.15, -0.1) is 5.10 Å². The van der Waals surface area contributed by atoms with Gasteiger partial charge in [-0.3, -0.25) is 4.79 Å². The van der Waals surface area contributed by atoms with Gasteiger partial charge in [-0.1, -0.05) is 26.0 Å². The number of rotatable bonds is 14. The van der Waals surface area contributed by atoms with Crippen molar-refractivity contribution < 1.29 is 99.5 Å². The van der Waals surface area contributed by atoms with Crippen molar-refractivity contribution in [2.24, 2.45) is 5.41 Å². The number of nitrogens with zero attached hydrogens (tertiary/aromatic N) is 3. The molecule has 2 radical (unpaired) electrons. The zero-order valence-corrected chi connectivity index (χ0v) is 30.9. The van der Waals surface area contributed by atoms with Gasteiger partial charge in [0.2, 0.25) is 5.91 Å². The fourth-order valence-electron chi connectivity index (χ4n) is 2.12. The van der Waals surface area contributed by atoms with Crippen molar-refractivity contribution in [3.05, 3.63) is 25.7 Å². The fourth-order valence-corrected chi connectivity index (χ4v) is 2.12. The van der Waals surface area contributed by atoms with Crippen LogP contribution in [-0.4, -0.2) is 95.5 Å². The molecule has 0 aromatic carbocycles. The van der Waals surface area contributed by atoms with Crippen molar-refractivity contribution in [1.29, 1.82) is 0 Å². The molecule has 12 nitrogen and oxygen atoms in total. The Morgan fingerprint density at radius 2 is 1.38 bits per heavy atom. The molecule has 0 spiro atoms. The van der Waals surface area contributed by atoms with Gasteiger partial charge in [0.05, 0.1) is 56.8 Å². The van der Waals surface area contributed by atoms with E-state index < -0.39 is 0 Å². The number of hydrogen-bond acceptors (Lipinski definition) is 9. The molecule has 0 fully saturated rings. The van der Waals surface area contributed by atoms with Gasteiger partial charge in [-0.05, 0) is 39.0 Å². The van der Waals surface area contributed by atoms with Gasteiger partial charge in [0.15, 0.2) is 0 Å². The second-order valence-corrected chi connectivity index (χ2v) is 10.2. The summed E-state index contributed by atoms with van der Waals surface area (Å²) in [5.41, 5.74) is 0.584. The summed E-state index contributed by atoms with van der Waals surface area (Å²) in [5, 5.41) is 30.2. The normalized spacial score (nSPS) is 10.4. The Morgan fingerprint density at radius 1 is 0.900 bits per heavy atom. The van der Waals surface area contributed by atoms with Gasteiger partial charge in [-0.2, -0.15) is 0 Å². The van der Waals surface area contributed by atoms with Crippen LogP contribution in [0, 0.1) is 19.3 Å². The second-order valence-electron chi connectivity index (χ2n) is 10.2. The third-order valence-corrected chi connectivity index (χ3v) is 4.51. The Labute approximate surface area is 290 Å². The minimum absolute atomic E-state index is 0. The molecule has 0 aliphatic carbocycles. The Morgan fingerprint density at radius 3 is 1.75 bits per heavy atom. The van der Waals surface area contributed by atoms with Crippen molar-refractivity contribution in [3.63, 3.8) is 0 Å². The summed E-state index contributed by atoms with van der Waals surface area (Å²) in [4.78, 5) is 32.1. The monoisotopic (exact) mass is 721 g/mol. The van der Waals surface area contributed by atoms with Crippen molar-refractivity contribution in [2.75, 3.05) is 52.7 Å². The number of aliphatic hydroxyl groups is 2. The molecule has 14 heteroatoms. The van der Waals surface area contributed by atoms with Crippen molar-refractivity contribution in [3.8, 4) is 0 Å². The standard InChI is InChI=1S/C14H26N4O3.C6H12NO3.C6H11O.2Y/c1-14(2,3)18-11-12(16-17-18)5-4-6-13(20)15-7-9-21-10-8-19;1-6(9)7-2-4-10-5-3-8;1-5(7)6(2,3)4;;/h11,19H,4-10H2,1-3H3,(H,15,20);8H,1-5H2,(H,7,9);1H2,2-4H3;;/q;2*-1;;. The SMILES string of the molecule is CC(C)(C)n1cc(CCCC(=O)NCCOCCO)nn1.[CH2-]C(=O)C(C)(C)C.[CH2-]C(=O)NCCOCCO.[Y].[Y]. The molecule has 1 rings (SSSR count). The number of Topliss-reactive ketones (excluding diaryl/α,β-unsaturated/α-hetero) is 1. The van der Waals surface area contributed by atoms with Crippen LogP contribution in [0.4, 0.5) is 0 Å². The molecule has 0 aliphatic heterocycles. The molecule has 4 N–H and O–H groups in total. The number of ether oxygens (including phenoxy) is 2. The summed E-state index contributed by atoms with van der Waals surface area (Å²) in [6.45, 7) is 20.5. The molecule has 40 heavy (non-hydrogen) atoms. The Bertz CT molecular complexity index is 782. The molecule has 1 aromatic rings. The van der Waals surface area contributed by atoms with Crippen LogP contribution in [-0.2, 0) is 101 Å². The first-order valence-corrected chi connectivity index (χ1v) is 12.7. The number of carbonyl (C=O) groups excluding carboxylic acids is 3. The number of nitrogens with one attached hydrogen (secondary N) is 2. The van der Waals surface area contributed by atoms with Crippen LogP contribution >= 0.6 is 0 Å². The molecule has 0 saturated heterocycles. The summed E-state index contributed by atoms with van der Waals surface area (Å²) in [6, 6.07) is 0. The molecule has 0 bridgehead atoms. The Hall–Kier alpha value is -0.462. The van der Waals surface area contributed by atoms with Crippen molar-refractivity contribution >= 4 is 17.6 Å². The van der Waals surface area contributed by atoms with Gasteiger partial charge in [0.1, 0.15) is 0 Å². The summed E-state index contributed by atoms with van der Waals surface area (Å²) < 4.78 is 11.7. The summed E-state index contributed by atoms with van der Waals surface area (Å²) in [5.74, 6) is -0.314. The second kappa shape index (κ2) is 27.4. The number of aromatic nitrogens is 3. The van der Waals surface area contributed by atoms with Crippen molar-refractivity contribution in [1.82, 2.24) is 25.6 Å². The zero-order chi connectivity index (χ0) is 29.6. The topological polar surface area (TPSA) is 165 Å². The van der Waals surface area contributed by atoms with Gasteiger partial charge in [0.25, 0.3) is 0 Å². The average Bonchev–Trinajstić information content (AvgIpc) is 3.28. The number of ketones is 1. The van der Waals surface area contributed by atoms with Crippen LogP contribution in [0.15, 0.2) is 6.20 Å². The maximum absolute atomic E-state index is 11.6. The van der Waals surface area contributed by atoms with Crippen LogP contribution in [0.3, 0.4) is 0 Å². The van der Waals surface area contributed by atoms with E-state index in [1.807, 2.05) is 31.6 Å². The first-order valence-electron chi connectivity index (χ1n) is 12.7. The smallest absolute Gasteiger partial charge is 0.220 e. The molecule has 1 heterocycles. The minimum atomic E-state index is -0.312. The van der Waals surface area contributed by atoms with Crippen molar-refractivity contribution in [2.45, 2.75) is 66.3 Å². The Balaban J connectivity index is -0.000000286. The third kappa shape index (κ3) is 30.5. The maximum Gasteiger partial charge on any atom is 0.220 e. The van der Waals surface area contributed by atoms with E-state index in [0.29, 0.717) is 45.9 Å².